The van der Waals surface area contributed by atoms with Crippen LogP contribution in [0.1, 0.15) is 17.9 Å². The molecule has 0 bridgehead atoms. The summed E-state index contributed by atoms with van der Waals surface area (Å²) >= 11 is 5.23. The highest BCUT2D eigenvalue weighted by Crippen LogP contribution is 2.38. The number of rotatable bonds is 3. The van der Waals surface area contributed by atoms with Gasteiger partial charge in [-0.3, -0.25) is 4.79 Å². The lowest BCUT2D eigenvalue weighted by molar-refractivity contribution is -0.116. The van der Waals surface area contributed by atoms with Crippen LogP contribution in [0.4, 0.5) is 17.6 Å². The second kappa shape index (κ2) is 5.27. The van der Waals surface area contributed by atoms with Crippen molar-refractivity contribution in [2.24, 2.45) is 0 Å². The number of halogens is 5. The van der Waals surface area contributed by atoms with Gasteiger partial charge in [-0.1, -0.05) is 0 Å². The Hall–Kier alpha value is -0.750. The molecule has 0 aliphatic rings. The topological polar surface area (TPSA) is 17.1 Å². The molecule has 17 heavy (non-hydrogen) atoms. The number of Topliss-reactive ketones (excluding diaryl/α,β-unsaturated/α-hetero) is 1. The van der Waals surface area contributed by atoms with Crippen LogP contribution in [-0.4, -0.2) is 11.3 Å². The molecule has 1 atom stereocenters. The van der Waals surface area contributed by atoms with E-state index in [1.54, 1.807) is 0 Å². The summed E-state index contributed by atoms with van der Waals surface area (Å²) in [7, 11) is 0. The first-order valence-corrected chi connectivity index (χ1v) is 5.65. The number of alkyl halides is 4. The van der Waals surface area contributed by atoms with Crippen LogP contribution >= 0.6 is 23.4 Å². The Bertz CT molecular complexity index is 433. The number of thioether (sulfide) groups is 1. The second-order valence-corrected chi connectivity index (χ2v) is 4.78. The third kappa shape index (κ3) is 4.20. The smallest absolute Gasteiger partial charge is 0.298 e. The monoisotopic (exact) mass is 286 g/mol. The fraction of sp³-hybridized carbons (Fsp3) is 0.300. The highest BCUT2D eigenvalue weighted by atomic mass is 35.5. The first-order valence-electron chi connectivity index (χ1n) is 4.40. The predicted molar refractivity (Wildman–Crippen MR) is 57.6 cm³/mol. The molecule has 0 fully saturated rings. The first-order chi connectivity index (χ1) is 7.70. The summed E-state index contributed by atoms with van der Waals surface area (Å²) in [6.45, 7) is 1.14. The number of ketones is 1. The van der Waals surface area contributed by atoms with Gasteiger partial charge in [0.1, 0.15) is 11.2 Å². The number of hydrogen-bond donors (Lipinski definition) is 0. The van der Waals surface area contributed by atoms with Gasteiger partial charge in [0.25, 0.3) is 0 Å². The molecule has 0 heterocycles. The number of carbonyl (C=O) groups excluding carboxylic acids is 1. The minimum atomic E-state index is -4.47. The molecule has 0 N–H and O–H groups in total. The molecule has 0 radical (unpaired) electrons. The van der Waals surface area contributed by atoms with Crippen molar-refractivity contribution in [2.45, 2.75) is 22.7 Å². The fourth-order valence-electron chi connectivity index (χ4n) is 1.13. The molecule has 1 aromatic carbocycles. The van der Waals surface area contributed by atoms with E-state index in [-0.39, 0.29) is 22.2 Å². The van der Waals surface area contributed by atoms with Crippen LogP contribution in [-0.2, 0) is 4.79 Å². The van der Waals surface area contributed by atoms with E-state index in [0.29, 0.717) is 0 Å². The minimum absolute atomic E-state index is 0.208. The first kappa shape index (κ1) is 14.3. The summed E-state index contributed by atoms with van der Waals surface area (Å²) in [5, 5.41) is -1.27. The van der Waals surface area contributed by atoms with Gasteiger partial charge in [-0.15, -0.1) is 11.6 Å². The lowest BCUT2D eigenvalue weighted by Crippen LogP contribution is -2.05. The van der Waals surface area contributed by atoms with Gasteiger partial charge in [0, 0.05) is 10.5 Å². The van der Waals surface area contributed by atoms with Crippen LogP contribution in [0.25, 0.3) is 0 Å². The molecule has 0 spiro atoms. The van der Waals surface area contributed by atoms with Crippen molar-refractivity contribution in [3.8, 4) is 0 Å². The van der Waals surface area contributed by atoms with Gasteiger partial charge in [-0.25, -0.2) is 4.39 Å². The largest absolute Gasteiger partial charge is 0.446 e. The Morgan fingerprint density at radius 2 is 2.00 bits per heavy atom. The molecule has 0 saturated heterocycles. The molecular weight excluding hydrogens is 280 g/mol. The van der Waals surface area contributed by atoms with Crippen LogP contribution < -0.4 is 0 Å². The van der Waals surface area contributed by atoms with Gasteiger partial charge in [-0.2, -0.15) is 13.2 Å². The van der Waals surface area contributed by atoms with E-state index in [4.69, 9.17) is 11.6 Å². The fourth-order valence-corrected chi connectivity index (χ4v) is 1.89. The lowest BCUT2D eigenvalue weighted by atomic mass is 10.1. The molecule has 0 aliphatic heterocycles. The minimum Gasteiger partial charge on any atom is -0.298 e. The Labute approximate surface area is 104 Å². The quantitative estimate of drug-likeness (QED) is 0.468. The van der Waals surface area contributed by atoms with Crippen LogP contribution in [0.2, 0.25) is 0 Å². The Morgan fingerprint density at radius 1 is 1.41 bits per heavy atom. The molecule has 1 rings (SSSR count). The van der Waals surface area contributed by atoms with Crippen LogP contribution in [0.15, 0.2) is 23.1 Å². The zero-order valence-corrected chi connectivity index (χ0v) is 10.1. The van der Waals surface area contributed by atoms with Crippen molar-refractivity contribution >= 4 is 29.1 Å². The summed E-state index contributed by atoms with van der Waals surface area (Å²) in [5.74, 6) is -1.33. The third-order valence-electron chi connectivity index (χ3n) is 1.83. The molecular formula is C10H7ClF4OS. The predicted octanol–water partition coefficient (Wildman–Crippen LogP) is 4.31. The highest BCUT2D eigenvalue weighted by molar-refractivity contribution is 8.00. The summed E-state index contributed by atoms with van der Waals surface area (Å²) in [6, 6.07) is 2.79. The number of benzene rings is 1. The molecule has 94 valence electrons. The average molecular weight is 287 g/mol. The number of carbonyl (C=O) groups is 1. The standard InChI is InChI=1S/C10H7ClF4OS/c1-5(16)9(11)7-4-6(2-3-8(7)12)17-10(13,14)15/h2-4,9H,1H3. The average Bonchev–Trinajstić information content (AvgIpc) is 2.17. The van der Waals surface area contributed by atoms with Gasteiger partial charge in [0.05, 0.1) is 0 Å². The maximum absolute atomic E-state index is 13.3. The molecule has 0 aliphatic carbocycles. The van der Waals surface area contributed by atoms with Gasteiger partial charge in [0.2, 0.25) is 0 Å². The van der Waals surface area contributed by atoms with Gasteiger partial charge >= 0.3 is 5.51 Å². The third-order valence-corrected chi connectivity index (χ3v) is 3.09. The van der Waals surface area contributed by atoms with Crippen molar-refractivity contribution < 1.29 is 22.4 Å². The summed E-state index contributed by atoms with van der Waals surface area (Å²) in [4.78, 5) is 10.8. The zero-order chi connectivity index (χ0) is 13.2. The molecule has 0 saturated carbocycles. The van der Waals surface area contributed by atoms with Crippen molar-refractivity contribution in [1.29, 1.82) is 0 Å². The van der Waals surface area contributed by atoms with E-state index in [9.17, 15) is 22.4 Å². The van der Waals surface area contributed by atoms with E-state index >= 15 is 0 Å². The van der Waals surface area contributed by atoms with Crippen LogP contribution in [0, 0.1) is 5.82 Å². The second-order valence-electron chi connectivity index (χ2n) is 3.20. The van der Waals surface area contributed by atoms with E-state index in [2.05, 4.69) is 0 Å². The van der Waals surface area contributed by atoms with E-state index in [1.807, 2.05) is 0 Å². The molecule has 1 nitrogen and oxygen atoms in total. The van der Waals surface area contributed by atoms with Crippen molar-refractivity contribution in [2.75, 3.05) is 0 Å². The molecule has 0 amide bonds. The van der Waals surface area contributed by atoms with Crippen molar-refractivity contribution in [1.82, 2.24) is 0 Å². The Balaban J connectivity index is 3.06. The molecule has 0 aromatic heterocycles. The maximum Gasteiger partial charge on any atom is 0.446 e. The van der Waals surface area contributed by atoms with Crippen molar-refractivity contribution in [3.05, 3.63) is 29.6 Å². The van der Waals surface area contributed by atoms with Gasteiger partial charge in [-0.05, 0) is 36.9 Å². The van der Waals surface area contributed by atoms with E-state index in [1.165, 1.54) is 0 Å². The maximum atomic E-state index is 13.3. The summed E-state index contributed by atoms with van der Waals surface area (Å²) in [6.07, 6.45) is 0. The van der Waals surface area contributed by atoms with E-state index < -0.39 is 22.5 Å². The van der Waals surface area contributed by atoms with Gasteiger partial charge < -0.3 is 0 Å². The van der Waals surface area contributed by atoms with Crippen LogP contribution in [0.3, 0.4) is 0 Å². The highest BCUT2D eigenvalue weighted by Gasteiger charge is 2.30. The van der Waals surface area contributed by atoms with Crippen molar-refractivity contribution in [3.63, 3.8) is 0 Å². The molecule has 1 unspecified atom stereocenters. The SMILES string of the molecule is CC(=O)C(Cl)c1cc(SC(F)(F)F)ccc1F. The van der Waals surface area contributed by atoms with Gasteiger partial charge in [0.15, 0.2) is 5.78 Å². The molecule has 1 aromatic rings. The lowest BCUT2D eigenvalue weighted by Gasteiger charge is -2.10. The number of hydrogen-bond acceptors (Lipinski definition) is 2. The summed E-state index contributed by atoms with van der Waals surface area (Å²) < 4.78 is 49.6. The zero-order valence-electron chi connectivity index (χ0n) is 8.52. The van der Waals surface area contributed by atoms with E-state index in [0.717, 1.165) is 25.1 Å². The molecule has 7 heteroatoms. The Kier molecular flexibility index (Phi) is 4.43. The normalized spacial score (nSPS) is 13.5. The summed E-state index contributed by atoms with van der Waals surface area (Å²) in [5.41, 5.74) is -4.71. The Morgan fingerprint density at radius 3 is 2.47 bits per heavy atom. The van der Waals surface area contributed by atoms with Crippen LogP contribution in [0.5, 0.6) is 0 Å².